The second-order valence-corrected chi connectivity index (χ2v) is 4.37. The summed E-state index contributed by atoms with van der Waals surface area (Å²) < 4.78 is 13.9. The number of hydrazine groups is 1. The summed E-state index contributed by atoms with van der Waals surface area (Å²) in [6, 6.07) is 7.63. The number of hydrogen-bond acceptors (Lipinski definition) is 6. The molecular weight excluding hydrogens is 248 g/mol. The predicted molar refractivity (Wildman–Crippen MR) is 71.3 cm³/mol. The van der Waals surface area contributed by atoms with Gasteiger partial charge < -0.3 is 4.74 Å². The van der Waals surface area contributed by atoms with Gasteiger partial charge >= 0.3 is 0 Å². The number of benzene rings is 1. The fraction of sp³-hybridized carbons (Fsp3) is 0.333. The van der Waals surface area contributed by atoms with Gasteiger partial charge in [-0.3, -0.25) is 5.84 Å². The Morgan fingerprint density at radius 3 is 2.94 bits per heavy atom. The smallest absolute Gasteiger partial charge is 0.124 e. The molecule has 2 rings (SSSR count). The van der Waals surface area contributed by atoms with Crippen LogP contribution < -0.4 is 16.0 Å². The maximum Gasteiger partial charge on any atom is 0.124 e. The SMILES string of the molecule is CCCOc1ccccc1C(NN)c1cnsn1. The Hall–Kier alpha value is -1.50. The first-order valence-electron chi connectivity index (χ1n) is 5.82. The summed E-state index contributed by atoms with van der Waals surface area (Å²) >= 11 is 1.17. The van der Waals surface area contributed by atoms with Gasteiger partial charge in [0.2, 0.25) is 0 Å². The molecule has 0 aliphatic carbocycles. The molecule has 2 aromatic rings. The standard InChI is InChI=1S/C12H16N4OS/c1-2-7-17-11-6-4-3-5-9(11)12(15-13)10-8-14-18-16-10/h3-6,8,12,15H,2,7,13H2,1H3. The average Bonchev–Trinajstić information content (AvgIpc) is 2.92. The van der Waals surface area contributed by atoms with E-state index in [0.717, 1.165) is 23.4 Å². The van der Waals surface area contributed by atoms with E-state index in [0.29, 0.717) is 6.61 Å². The maximum atomic E-state index is 5.73. The molecule has 3 N–H and O–H groups in total. The van der Waals surface area contributed by atoms with Gasteiger partial charge in [0.25, 0.3) is 0 Å². The van der Waals surface area contributed by atoms with Crippen molar-refractivity contribution in [2.45, 2.75) is 19.4 Å². The molecule has 0 amide bonds. The monoisotopic (exact) mass is 264 g/mol. The van der Waals surface area contributed by atoms with E-state index in [9.17, 15) is 0 Å². The van der Waals surface area contributed by atoms with Crippen LogP contribution in [0.3, 0.4) is 0 Å². The lowest BCUT2D eigenvalue weighted by Crippen LogP contribution is -2.29. The third kappa shape index (κ3) is 2.84. The first kappa shape index (κ1) is 12.9. The molecule has 5 nitrogen and oxygen atoms in total. The van der Waals surface area contributed by atoms with E-state index >= 15 is 0 Å². The van der Waals surface area contributed by atoms with Crippen LogP contribution in [-0.2, 0) is 0 Å². The molecule has 1 atom stereocenters. The van der Waals surface area contributed by atoms with Gasteiger partial charge in [-0.1, -0.05) is 25.1 Å². The zero-order valence-electron chi connectivity index (χ0n) is 10.2. The van der Waals surface area contributed by atoms with Crippen molar-refractivity contribution in [3.05, 3.63) is 41.7 Å². The summed E-state index contributed by atoms with van der Waals surface area (Å²) in [5, 5.41) is 0. The first-order chi connectivity index (χ1) is 8.86. The molecule has 0 saturated carbocycles. The molecule has 0 aliphatic heterocycles. The van der Waals surface area contributed by atoms with E-state index in [4.69, 9.17) is 10.6 Å². The van der Waals surface area contributed by atoms with Gasteiger partial charge in [0, 0.05) is 5.56 Å². The zero-order valence-corrected chi connectivity index (χ0v) is 11.0. The second kappa shape index (κ2) is 6.44. The summed E-state index contributed by atoms with van der Waals surface area (Å²) in [5.74, 6) is 6.45. The number of rotatable bonds is 6. The molecule has 0 spiro atoms. The summed E-state index contributed by atoms with van der Waals surface area (Å²) in [6.07, 6.45) is 2.68. The van der Waals surface area contributed by atoms with Crippen LogP contribution in [0, 0.1) is 0 Å². The van der Waals surface area contributed by atoms with E-state index in [1.807, 2.05) is 24.3 Å². The van der Waals surface area contributed by atoms with Crippen LogP contribution in [0.5, 0.6) is 5.75 Å². The van der Waals surface area contributed by atoms with Gasteiger partial charge in [0.1, 0.15) is 5.75 Å². The number of nitrogens with two attached hydrogens (primary N) is 1. The quantitative estimate of drug-likeness (QED) is 0.615. The number of para-hydroxylation sites is 1. The highest BCUT2D eigenvalue weighted by atomic mass is 32.1. The van der Waals surface area contributed by atoms with E-state index in [2.05, 4.69) is 21.1 Å². The molecule has 1 aromatic heterocycles. The molecule has 0 bridgehead atoms. The van der Waals surface area contributed by atoms with Crippen LogP contribution in [0.4, 0.5) is 0 Å². The topological polar surface area (TPSA) is 73.1 Å². The van der Waals surface area contributed by atoms with Crippen molar-refractivity contribution in [2.75, 3.05) is 6.61 Å². The molecule has 6 heteroatoms. The molecule has 18 heavy (non-hydrogen) atoms. The van der Waals surface area contributed by atoms with Crippen molar-refractivity contribution in [3.8, 4) is 5.75 Å². The van der Waals surface area contributed by atoms with Gasteiger partial charge in [0.05, 0.1) is 36.3 Å². The van der Waals surface area contributed by atoms with Gasteiger partial charge in [-0.25, -0.2) is 5.43 Å². The largest absolute Gasteiger partial charge is 0.493 e. The van der Waals surface area contributed by atoms with E-state index in [1.165, 1.54) is 11.7 Å². The minimum Gasteiger partial charge on any atom is -0.493 e. The second-order valence-electron chi connectivity index (χ2n) is 3.82. The molecule has 0 saturated heterocycles. The number of nitrogens with one attached hydrogen (secondary N) is 1. The summed E-state index contributed by atoms with van der Waals surface area (Å²) in [6.45, 7) is 2.76. The van der Waals surface area contributed by atoms with Crippen molar-refractivity contribution in [2.24, 2.45) is 5.84 Å². The minimum atomic E-state index is -0.197. The molecule has 0 radical (unpaired) electrons. The van der Waals surface area contributed by atoms with Crippen LogP contribution >= 0.6 is 11.7 Å². The van der Waals surface area contributed by atoms with Crippen molar-refractivity contribution < 1.29 is 4.74 Å². The molecular formula is C12H16N4OS. The van der Waals surface area contributed by atoms with Gasteiger partial charge in [-0.2, -0.15) is 8.75 Å². The van der Waals surface area contributed by atoms with E-state index < -0.39 is 0 Å². The van der Waals surface area contributed by atoms with Crippen LogP contribution in [0.15, 0.2) is 30.5 Å². The Bertz CT molecular complexity index is 475. The zero-order chi connectivity index (χ0) is 12.8. The summed E-state index contributed by atoms with van der Waals surface area (Å²) in [7, 11) is 0. The van der Waals surface area contributed by atoms with Gasteiger partial charge in [0.15, 0.2) is 0 Å². The average molecular weight is 264 g/mol. The number of ether oxygens (including phenoxy) is 1. The highest BCUT2D eigenvalue weighted by molar-refractivity contribution is 6.99. The van der Waals surface area contributed by atoms with E-state index in [-0.39, 0.29) is 6.04 Å². The lowest BCUT2D eigenvalue weighted by atomic mass is 10.0. The molecule has 0 fully saturated rings. The summed E-state index contributed by atoms with van der Waals surface area (Å²) in [4.78, 5) is 0. The number of nitrogens with zero attached hydrogens (tertiary/aromatic N) is 2. The highest BCUT2D eigenvalue weighted by Gasteiger charge is 2.18. The Morgan fingerprint density at radius 1 is 1.44 bits per heavy atom. The Labute approximate surface area is 110 Å². The van der Waals surface area contributed by atoms with Crippen molar-refractivity contribution in [3.63, 3.8) is 0 Å². The molecule has 1 heterocycles. The Kier molecular flexibility index (Phi) is 4.63. The van der Waals surface area contributed by atoms with Crippen molar-refractivity contribution >= 4 is 11.7 Å². The van der Waals surface area contributed by atoms with Gasteiger partial charge in [-0.15, -0.1) is 0 Å². The van der Waals surface area contributed by atoms with Crippen LogP contribution in [0.1, 0.15) is 30.6 Å². The lowest BCUT2D eigenvalue weighted by molar-refractivity contribution is 0.311. The molecule has 1 aromatic carbocycles. The third-order valence-corrected chi connectivity index (χ3v) is 3.02. The highest BCUT2D eigenvalue weighted by Crippen LogP contribution is 2.28. The fourth-order valence-electron chi connectivity index (χ4n) is 1.70. The number of aromatic nitrogens is 2. The number of hydrogen-bond donors (Lipinski definition) is 2. The molecule has 1 unspecified atom stereocenters. The fourth-order valence-corrected chi connectivity index (χ4v) is 2.15. The predicted octanol–water partition coefficient (Wildman–Crippen LogP) is 1.88. The Balaban J connectivity index is 2.30. The maximum absolute atomic E-state index is 5.73. The Morgan fingerprint density at radius 2 is 2.28 bits per heavy atom. The van der Waals surface area contributed by atoms with E-state index in [1.54, 1.807) is 6.20 Å². The van der Waals surface area contributed by atoms with Crippen molar-refractivity contribution in [1.82, 2.24) is 14.2 Å². The van der Waals surface area contributed by atoms with Crippen LogP contribution in [0.2, 0.25) is 0 Å². The molecule has 0 aliphatic rings. The molecule has 96 valence electrons. The normalized spacial score (nSPS) is 12.3. The third-order valence-electron chi connectivity index (χ3n) is 2.53. The minimum absolute atomic E-state index is 0.197. The first-order valence-corrected chi connectivity index (χ1v) is 6.55. The lowest BCUT2D eigenvalue weighted by Gasteiger charge is -2.17. The summed E-state index contributed by atoms with van der Waals surface area (Å²) in [5.41, 5.74) is 4.54. The van der Waals surface area contributed by atoms with Crippen LogP contribution in [0.25, 0.3) is 0 Å². The van der Waals surface area contributed by atoms with Crippen molar-refractivity contribution in [1.29, 1.82) is 0 Å². The van der Waals surface area contributed by atoms with Gasteiger partial charge in [-0.05, 0) is 12.5 Å². The van der Waals surface area contributed by atoms with Crippen LogP contribution in [-0.4, -0.2) is 15.4 Å².